The van der Waals surface area contributed by atoms with Gasteiger partial charge in [0.25, 0.3) is 5.91 Å². The summed E-state index contributed by atoms with van der Waals surface area (Å²) >= 11 is 6.69. The summed E-state index contributed by atoms with van der Waals surface area (Å²) in [7, 11) is 0. The van der Waals surface area contributed by atoms with Crippen molar-refractivity contribution in [2.24, 2.45) is 0 Å². The number of carbonyl (C=O) groups is 1. The van der Waals surface area contributed by atoms with Crippen LogP contribution in [0.2, 0.25) is 0 Å². The molecule has 0 radical (unpaired) electrons. The fourth-order valence-electron chi connectivity index (χ4n) is 1.70. The van der Waals surface area contributed by atoms with Crippen LogP contribution < -0.4 is 5.32 Å². The van der Waals surface area contributed by atoms with Gasteiger partial charge in [0.15, 0.2) is 0 Å². The van der Waals surface area contributed by atoms with Crippen molar-refractivity contribution in [1.29, 1.82) is 0 Å². The maximum atomic E-state index is 13.1. The second-order valence-corrected chi connectivity index (χ2v) is 5.66. The zero-order chi connectivity index (χ0) is 14.5. The zero-order valence-electron chi connectivity index (χ0n) is 10.5. The zero-order valence-corrected chi connectivity index (χ0v) is 13.7. The van der Waals surface area contributed by atoms with E-state index in [4.69, 9.17) is 0 Å². The highest BCUT2D eigenvalue weighted by Gasteiger charge is 2.07. The van der Waals surface area contributed by atoms with Gasteiger partial charge in [-0.1, -0.05) is 44.0 Å². The van der Waals surface area contributed by atoms with E-state index in [2.05, 4.69) is 37.2 Å². The molecule has 2 rings (SSSR count). The lowest BCUT2D eigenvalue weighted by Crippen LogP contribution is -2.23. The van der Waals surface area contributed by atoms with Crippen molar-refractivity contribution < 1.29 is 9.18 Å². The molecule has 2 nitrogen and oxygen atoms in total. The molecule has 0 spiro atoms. The second-order valence-electron chi connectivity index (χ2n) is 4.25. The predicted octanol–water partition coefficient (Wildman–Crippen LogP) is 4.41. The van der Waals surface area contributed by atoms with Crippen LogP contribution in [0.4, 0.5) is 4.39 Å². The largest absolute Gasteiger partial charge is 0.348 e. The molecule has 0 saturated carbocycles. The van der Waals surface area contributed by atoms with Crippen LogP contribution in [0.15, 0.2) is 46.9 Å². The van der Waals surface area contributed by atoms with Crippen LogP contribution in [0.5, 0.6) is 0 Å². The summed E-state index contributed by atoms with van der Waals surface area (Å²) in [6, 6.07) is 11.7. The van der Waals surface area contributed by atoms with Crippen molar-refractivity contribution in [2.75, 3.05) is 0 Å². The summed E-state index contributed by atoms with van der Waals surface area (Å²) in [5, 5.41) is 3.53. The number of carbonyl (C=O) groups excluding carboxylic acids is 1. The summed E-state index contributed by atoms with van der Waals surface area (Å²) in [5.74, 6) is -0.499. The van der Waals surface area contributed by atoms with Crippen LogP contribution in [0.25, 0.3) is 0 Å². The van der Waals surface area contributed by atoms with Crippen molar-refractivity contribution in [3.8, 4) is 0 Å². The van der Waals surface area contributed by atoms with E-state index >= 15 is 0 Å². The third-order valence-electron chi connectivity index (χ3n) is 2.82. The van der Waals surface area contributed by atoms with Gasteiger partial charge in [0, 0.05) is 21.9 Å². The molecule has 0 bridgehead atoms. The number of alkyl halides is 1. The molecule has 104 valence electrons. The number of hydrogen-bond acceptors (Lipinski definition) is 1. The van der Waals surface area contributed by atoms with E-state index in [9.17, 15) is 9.18 Å². The van der Waals surface area contributed by atoms with E-state index < -0.39 is 0 Å². The minimum absolute atomic E-state index is 0.178. The Bertz CT molecular complexity index is 614. The van der Waals surface area contributed by atoms with E-state index in [0.29, 0.717) is 11.1 Å². The van der Waals surface area contributed by atoms with Gasteiger partial charge >= 0.3 is 0 Å². The van der Waals surface area contributed by atoms with Gasteiger partial charge in [0.1, 0.15) is 5.82 Å². The van der Waals surface area contributed by atoms with Crippen LogP contribution >= 0.6 is 31.9 Å². The van der Waals surface area contributed by atoms with Crippen LogP contribution in [-0.4, -0.2) is 5.91 Å². The molecule has 0 saturated heterocycles. The van der Waals surface area contributed by atoms with E-state index in [1.807, 2.05) is 12.1 Å². The van der Waals surface area contributed by atoms with E-state index in [1.165, 1.54) is 12.1 Å². The number of amides is 1. The Hall–Kier alpha value is -1.20. The minimum atomic E-state index is -0.320. The molecule has 2 aromatic rings. The number of rotatable bonds is 4. The fourth-order valence-corrected chi connectivity index (χ4v) is 2.46. The highest BCUT2D eigenvalue weighted by atomic mass is 79.9. The lowest BCUT2D eigenvalue weighted by Gasteiger charge is -2.08. The molecule has 0 atom stereocenters. The predicted molar refractivity (Wildman–Crippen MR) is 84.3 cm³/mol. The number of nitrogens with one attached hydrogen (secondary N) is 1. The molecule has 0 heterocycles. The molecule has 0 aliphatic carbocycles. The monoisotopic (exact) mass is 399 g/mol. The summed E-state index contributed by atoms with van der Waals surface area (Å²) in [5.41, 5.74) is 2.40. The van der Waals surface area contributed by atoms with Gasteiger partial charge in [0.05, 0.1) is 0 Å². The normalized spacial score (nSPS) is 10.3. The Morgan fingerprint density at radius 3 is 2.50 bits per heavy atom. The molecule has 5 heteroatoms. The van der Waals surface area contributed by atoms with Crippen molar-refractivity contribution in [3.63, 3.8) is 0 Å². The van der Waals surface area contributed by atoms with Crippen LogP contribution in [-0.2, 0) is 11.9 Å². The smallest absolute Gasteiger partial charge is 0.251 e. The molecule has 0 aliphatic heterocycles. The Balaban J connectivity index is 2.02. The summed E-state index contributed by atoms with van der Waals surface area (Å²) < 4.78 is 13.9. The van der Waals surface area contributed by atoms with E-state index in [0.717, 1.165) is 15.4 Å². The Labute approximate surface area is 133 Å². The van der Waals surface area contributed by atoms with Gasteiger partial charge in [-0.25, -0.2) is 4.39 Å². The fraction of sp³-hybridized carbons (Fsp3) is 0.133. The van der Waals surface area contributed by atoms with Gasteiger partial charge < -0.3 is 5.32 Å². The van der Waals surface area contributed by atoms with Crippen LogP contribution in [0.1, 0.15) is 21.5 Å². The lowest BCUT2D eigenvalue weighted by molar-refractivity contribution is 0.0951. The first kappa shape index (κ1) is 15.2. The van der Waals surface area contributed by atoms with Gasteiger partial charge in [-0.15, -0.1) is 0 Å². The first-order valence-corrected chi connectivity index (χ1v) is 7.88. The SMILES string of the molecule is O=C(NCc1cc(F)ccc1Br)c1ccc(CBr)cc1. The molecule has 20 heavy (non-hydrogen) atoms. The molecular formula is C15H12Br2FNO. The first-order chi connectivity index (χ1) is 9.60. The Morgan fingerprint density at radius 1 is 1.15 bits per heavy atom. The number of hydrogen-bond donors (Lipinski definition) is 1. The summed E-state index contributed by atoms with van der Waals surface area (Å²) in [6.07, 6.45) is 0. The Morgan fingerprint density at radius 2 is 1.85 bits per heavy atom. The van der Waals surface area contributed by atoms with Gasteiger partial charge in [0.2, 0.25) is 0 Å². The quantitative estimate of drug-likeness (QED) is 0.756. The van der Waals surface area contributed by atoms with Crippen molar-refractivity contribution in [2.45, 2.75) is 11.9 Å². The third-order valence-corrected chi connectivity index (χ3v) is 4.24. The van der Waals surface area contributed by atoms with Crippen LogP contribution in [0.3, 0.4) is 0 Å². The van der Waals surface area contributed by atoms with Crippen molar-refractivity contribution in [3.05, 3.63) is 69.4 Å². The highest BCUT2D eigenvalue weighted by Crippen LogP contribution is 2.17. The van der Waals surface area contributed by atoms with Crippen molar-refractivity contribution in [1.82, 2.24) is 5.32 Å². The van der Waals surface area contributed by atoms with Gasteiger partial charge in [-0.3, -0.25) is 4.79 Å². The van der Waals surface area contributed by atoms with Crippen molar-refractivity contribution >= 4 is 37.8 Å². The van der Waals surface area contributed by atoms with E-state index in [-0.39, 0.29) is 18.3 Å². The lowest BCUT2D eigenvalue weighted by atomic mass is 10.1. The maximum absolute atomic E-state index is 13.1. The average molecular weight is 401 g/mol. The molecule has 1 N–H and O–H groups in total. The summed E-state index contributed by atoms with van der Waals surface area (Å²) in [6.45, 7) is 0.275. The van der Waals surface area contributed by atoms with Crippen LogP contribution in [0, 0.1) is 5.82 Å². The average Bonchev–Trinajstić information content (AvgIpc) is 2.48. The summed E-state index contributed by atoms with van der Waals surface area (Å²) in [4.78, 5) is 12.0. The molecule has 0 aliphatic rings. The number of benzene rings is 2. The maximum Gasteiger partial charge on any atom is 0.251 e. The Kier molecular flexibility index (Phi) is 5.31. The minimum Gasteiger partial charge on any atom is -0.348 e. The topological polar surface area (TPSA) is 29.1 Å². The third kappa shape index (κ3) is 3.90. The highest BCUT2D eigenvalue weighted by molar-refractivity contribution is 9.10. The second kappa shape index (κ2) is 6.99. The van der Waals surface area contributed by atoms with E-state index in [1.54, 1.807) is 18.2 Å². The molecule has 1 amide bonds. The number of halogens is 3. The molecule has 0 aromatic heterocycles. The molecule has 0 unspecified atom stereocenters. The standard InChI is InChI=1S/C15H12Br2FNO/c16-8-10-1-3-11(4-2-10)15(20)19-9-12-7-13(18)5-6-14(12)17/h1-7H,8-9H2,(H,19,20). The van der Waals surface area contributed by atoms with Gasteiger partial charge in [-0.2, -0.15) is 0 Å². The molecular weight excluding hydrogens is 389 g/mol. The first-order valence-electron chi connectivity index (χ1n) is 5.97. The molecule has 0 fully saturated rings. The van der Waals surface area contributed by atoms with Gasteiger partial charge in [-0.05, 0) is 41.5 Å². The molecule has 2 aromatic carbocycles.